The second-order valence-electron chi connectivity index (χ2n) is 6.24. The van der Waals surface area contributed by atoms with E-state index in [2.05, 4.69) is 15.5 Å². The number of benzene rings is 2. The fourth-order valence-electron chi connectivity index (χ4n) is 2.99. The minimum absolute atomic E-state index is 0.133. The van der Waals surface area contributed by atoms with Gasteiger partial charge in [-0.3, -0.25) is 9.48 Å². The van der Waals surface area contributed by atoms with Crippen LogP contribution in [0.4, 0.5) is 5.82 Å². The van der Waals surface area contributed by atoms with Gasteiger partial charge in [-0.15, -0.1) is 0 Å². The lowest BCUT2D eigenvalue weighted by molar-refractivity contribution is -0.116. The van der Waals surface area contributed by atoms with Crippen molar-refractivity contribution in [2.24, 2.45) is 0 Å². The summed E-state index contributed by atoms with van der Waals surface area (Å²) in [4.78, 5) is 12.5. The molecule has 134 valence electrons. The zero-order valence-electron chi connectivity index (χ0n) is 14.9. The highest BCUT2D eigenvalue weighted by Crippen LogP contribution is 2.21. The minimum Gasteiger partial charge on any atom is -0.309 e. The standard InChI is InChI=1S/C21H19N5O/c1-16-14-25(24-21(16)17-8-4-2-5-9-17)15-20(27)23-19-12-13-22-26(19)18-10-6-3-7-11-18/h2-14H,15H2,1H3,(H,23,27). The van der Waals surface area contributed by atoms with Crippen LogP contribution in [0.25, 0.3) is 16.9 Å². The molecule has 0 aliphatic rings. The van der Waals surface area contributed by atoms with Crippen LogP contribution in [0.3, 0.4) is 0 Å². The van der Waals surface area contributed by atoms with Crippen molar-refractivity contribution >= 4 is 11.7 Å². The Balaban J connectivity index is 1.49. The Bertz CT molecular complexity index is 1050. The summed E-state index contributed by atoms with van der Waals surface area (Å²) in [7, 11) is 0. The molecule has 2 aromatic heterocycles. The highest BCUT2D eigenvalue weighted by Gasteiger charge is 2.12. The molecule has 1 N–H and O–H groups in total. The Morgan fingerprint density at radius 3 is 2.44 bits per heavy atom. The molecule has 0 aliphatic heterocycles. The van der Waals surface area contributed by atoms with Crippen LogP contribution in [0.15, 0.2) is 79.1 Å². The predicted octanol–water partition coefficient (Wildman–Crippen LogP) is 3.68. The van der Waals surface area contributed by atoms with E-state index in [1.165, 1.54) is 0 Å². The normalized spacial score (nSPS) is 10.7. The third-order valence-corrected chi connectivity index (χ3v) is 4.21. The topological polar surface area (TPSA) is 64.7 Å². The fourth-order valence-corrected chi connectivity index (χ4v) is 2.99. The van der Waals surface area contributed by atoms with Gasteiger partial charge in [0.2, 0.25) is 5.91 Å². The van der Waals surface area contributed by atoms with Gasteiger partial charge in [0.05, 0.1) is 17.6 Å². The summed E-state index contributed by atoms with van der Waals surface area (Å²) in [6.07, 6.45) is 3.55. The molecule has 0 aliphatic carbocycles. The number of para-hydroxylation sites is 1. The Kier molecular flexibility index (Phi) is 4.53. The first-order valence-electron chi connectivity index (χ1n) is 8.69. The van der Waals surface area contributed by atoms with Crippen molar-refractivity contribution in [2.75, 3.05) is 5.32 Å². The van der Waals surface area contributed by atoms with Gasteiger partial charge in [-0.25, -0.2) is 4.68 Å². The number of hydrogen-bond acceptors (Lipinski definition) is 3. The third kappa shape index (κ3) is 3.64. The van der Waals surface area contributed by atoms with Gasteiger partial charge < -0.3 is 5.32 Å². The van der Waals surface area contributed by atoms with Crippen LogP contribution in [0.1, 0.15) is 5.56 Å². The van der Waals surface area contributed by atoms with Crippen LogP contribution < -0.4 is 5.32 Å². The van der Waals surface area contributed by atoms with Gasteiger partial charge in [-0.2, -0.15) is 10.2 Å². The van der Waals surface area contributed by atoms with Gasteiger partial charge in [-0.05, 0) is 24.6 Å². The Hall–Kier alpha value is -3.67. The van der Waals surface area contributed by atoms with Gasteiger partial charge in [0.15, 0.2) is 0 Å². The van der Waals surface area contributed by atoms with Crippen molar-refractivity contribution < 1.29 is 4.79 Å². The van der Waals surface area contributed by atoms with E-state index in [0.29, 0.717) is 5.82 Å². The zero-order valence-corrected chi connectivity index (χ0v) is 14.9. The van der Waals surface area contributed by atoms with Crippen LogP contribution >= 0.6 is 0 Å². The average molecular weight is 357 g/mol. The van der Waals surface area contributed by atoms with Crippen molar-refractivity contribution in [3.05, 3.63) is 84.7 Å². The van der Waals surface area contributed by atoms with E-state index in [1.807, 2.05) is 73.8 Å². The SMILES string of the molecule is Cc1cn(CC(=O)Nc2ccnn2-c2ccccc2)nc1-c1ccccc1. The average Bonchev–Trinajstić information content (AvgIpc) is 3.29. The molecular formula is C21H19N5O. The van der Waals surface area contributed by atoms with Crippen molar-refractivity contribution in [3.63, 3.8) is 0 Å². The second kappa shape index (κ2) is 7.29. The lowest BCUT2D eigenvalue weighted by Crippen LogP contribution is -2.20. The number of aryl methyl sites for hydroxylation is 1. The Labute approximate surface area is 157 Å². The van der Waals surface area contributed by atoms with E-state index in [0.717, 1.165) is 22.5 Å². The van der Waals surface area contributed by atoms with Gasteiger partial charge in [-0.1, -0.05) is 48.5 Å². The van der Waals surface area contributed by atoms with Gasteiger partial charge >= 0.3 is 0 Å². The highest BCUT2D eigenvalue weighted by atomic mass is 16.2. The monoisotopic (exact) mass is 357 g/mol. The maximum atomic E-state index is 12.5. The van der Waals surface area contributed by atoms with Crippen LogP contribution in [0, 0.1) is 6.92 Å². The lowest BCUT2D eigenvalue weighted by Gasteiger charge is -2.09. The predicted molar refractivity (Wildman–Crippen MR) is 105 cm³/mol. The maximum Gasteiger partial charge on any atom is 0.247 e. The largest absolute Gasteiger partial charge is 0.309 e. The van der Waals surface area contributed by atoms with E-state index >= 15 is 0 Å². The number of amides is 1. The summed E-state index contributed by atoms with van der Waals surface area (Å²) in [5, 5.41) is 11.8. The minimum atomic E-state index is -0.158. The van der Waals surface area contributed by atoms with Crippen LogP contribution in [-0.2, 0) is 11.3 Å². The van der Waals surface area contributed by atoms with Crippen molar-refractivity contribution in [3.8, 4) is 16.9 Å². The van der Waals surface area contributed by atoms with E-state index in [1.54, 1.807) is 21.6 Å². The molecule has 0 spiro atoms. The van der Waals surface area contributed by atoms with Gasteiger partial charge in [0.25, 0.3) is 0 Å². The first-order chi connectivity index (χ1) is 13.2. The molecular weight excluding hydrogens is 338 g/mol. The lowest BCUT2D eigenvalue weighted by atomic mass is 10.1. The Morgan fingerprint density at radius 2 is 1.70 bits per heavy atom. The van der Waals surface area contributed by atoms with E-state index in [9.17, 15) is 4.79 Å². The summed E-state index contributed by atoms with van der Waals surface area (Å²) < 4.78 is 3.36. The molecule has 4 rings (SSSR count). The third-order valence-electron chi connectivity index (χ3n) is 4.21. The van der Waals surface area contributed by atoms with Crippen LogP contribution in [0.2, 0.25) is 0 Å². The number of carbonyl (C=O) groups excluding carboxylic acids is 1. The van der Waals surface area contributed by atoms with Crippen LogP contribution in [0.5, 0.6) is 0 Å². The molecule has 0 saturated carbocycles. The number of carbonyl (C=O) groups is 1. The van der Waals surface area contributed by atoms with Gasteiger partial charge in [0, 0.05) is 17.8 Å². The molecule has 0 bridgehead atoms. The van der Waals surface area contributed by atoms with Crippen molar-refractivity contribution in [1.29, 1.82) is 0 Å². The summed E-state index contributed by atoms with van der Waals surface area (Å²) in [6.45, 7) is 2.13. The van der Waals surface area contributed by atoms with Crippen LogP contribution in [-0.4, -0.2) is 25.5 Å². The Morgan fingerprint density at radius 1 is 1.00 bits per heavy atom. The molecule has 1 amide bonds. The maximum absolute atomic E-state index is 12.5. The molecule has 2 heterocycles. The smallest absolute Gasteiger partial charge is 0.247 e. The molecule has 6 heteroatoms. The molecule has 0 saturated heterocycles. The molecule has 2 aromatic carbocycles. The summed E-state index contributed by atoms with van der Waals surface area (Å²) >= 11 is 0. The zero-order chi connectivity index (χ0) is 18.6. The summed E-state index contributed by atoms with van der Waals surface area (Å²) in [5.41, 5.74) is 3.84. The first-order valence-corrected chi connectivity index (χ1v) is 8.69. The molecule has 4 aromatic rings. The van der Waals surface area contributed by atoms with E-state index in [-0.39, 0.29) is 12.5 Å². The summed E-state index contributed by atoms with van der Waals surface area (Å²) in [5.74, 6) is 0.466. The second-order valence-corrected chi connectivity index (χ2v) is 6.24. The highest BCUT2D eigenvalue weighted by molar-refractivity contribution is 5.90. The molecule has 0 radical (unpaired) electrons. The molecule has 6 nitrogen and oxygen atoms in total. The number of aromatic nitrogens is 4. The summed E-state index contributed by atoms with van der Waals surface area (Å²) in [6, 6.07) is 21.4. The van der Waals surface area contributed by atoms with E-state index < -0.39 is 0 Å². The first kappa shape index (κ1) is 16.8. The molecule has 0 atom stereocenters. The number of hydrogen-bond donors (Lipinski definition) is 1. The van der Waals surface area contributed by atoms with E-state index in [4.69, 9.17) is 0 Å². The number of rotatable bonds is 5. The van der Waals surface area contributed by atoms with Gasteiger partial charge in [0.1, 0.15) is 12.4 Å². The number of nitrogens with zero attached hydrogens (tertiary/aromatic N) is 4. The van der Waals surface area contributed by atoms with Crippen molar-refractivity contribution in [2.45, 2.75) is 13.5 Å². The number of nitrogens with one attached hydrogen (secondary N) is 1. The fraction of sp³-hybridized carbons (Fsp3) is 0.0952. The quantitative estimate of drug-likeness (QED) is 0.592. The molecule has 27 heavy (non-hydrogen) atoms. The molecule has 0 fully saturated rings. The van der Waals surface area contributed by atoms with Crippen molar-refractivity contribution in [1.82, 2.24) is 19.6 Å². The number of anilines is 1. The molecule has 0 unspecified atom stereocenters.